The van der Waals surface area contributed by atoms with Crippen molar-refractivity contribution in [3.8, 4) is 0 Å². The molecule has 0 aromatic rings. The van der Waals surface area contributed by atoms with Crippen molar-refractivity contribution in [1.82, 2.24) is 5.06 Å². The highest BCUT2D eigenvalue weighted by Gasteiger charge is 2.53. The Morgan fingerprint density at radius 3 is 2.21 bits per heavy atom. The molecule has 6 heteroatoms. The number of amides is 1. The topological polar surface area (TPSA) is 55.8 Å². The third-order valence-corrected chi connectivity index (χ3v) is 4.83. The Morgan fingerprint density at radius 2 is 1.89 bits per heavy atom. The number of carbonyl (C=O) groups is 2. The molecule has 0 aliphatic carbocycles. The number of hydroxylamine groups is 2. The van der Waals surface area contributed by atoms with Crippen LogP contribution in [0.5, 0.6) is 0 Å². The summed E-state index contributed by atoms with van der Waals surface area (Å²) in [7, 11) is 0.627. The Bertz CT molecular complexity index is 375. The van der Waals surface area contributed by atoms with E-state index >= 15 is 0 Å². The summed E-state index contributed by atoms with van der Waals surface area (Å²) >= 11 is 0. The molecule has 1 unspecified atom stereocenters. The molecule has 1 aliphatic rings. The van der Waals surface area contributed by atoms with E-state index in [4.69, 9.17) is 9.26 Å². The third-order valence-electron chi connectivity index (χ3n) is 3.77. The van der Waals surface area contributed by atoms with Gasteiger partial charge in [-0.05, 0) is 19.3 Å². The molecule has 0 spiro atoms. The molecule has 1 aliphatic heterocycles. The molecule has 5 nitrogen and oxygen atoms in total. The number of β-lactam (4-membered cyclic amide) rings is 1. The molecule has 0 aromatic carbocycles. The SMILES string of the molecule is CC(=O)ON1C[C@@H](C(C(C)(C)C)C(C)(C)O[SiH3])C1=O. The predicted molar refractivity (Wildman–Crippen MR) is 75.0 cm³/mol. The van der Waals surface area contributed by atoms with Gasteiger partial charge in [-0.15, -0.1) is 0 Å². The van der Waals surface area contributed by atoms with E-state index in [1.54, 1.807) is 0 Å². The van der Waals surface area contributed by atoms with E-state index in [2.05, 4.69) is 20.8 Å². The molecule has 1 amide bonds. The monoisotopic (exact) mass is 287 g/mol. The van der Waals surface area contributed by atoms with Crippen LogP contribution in [0.25, 0.3) is 0 Å². The summed E-state index contributed by atoms with van der Waals surface area (Å²) in [6.07, 6.45) is 0. The summed E-state index contributed by atoms with van der Waals surface area (Å²) in [5, 5.41) is 1.15. The first kappa shape index (κ1) is 16.2. The van der Waals surface area contributed by atoms with E-state index in [9.17, 15) is 9.59 Å². The fourth-order valence-corrected chi connectivity index (χ4v) is 3.42. The second kappa shape index (κ2) is 5.24. The molecule has 0 radical (unpaired) electrons. The summed E-state index contributed by atoms with van der Waals surface area (Å²) in [5.41, 5.74) is -0.413. The molecule has 2 atom stereocenters. The maximum absolute atomic E-state index is 12.2. The summed E-state index contributed by atoms with van der Waals surface area (Å²) in [5.74, 6) is -0.653. The Hall–Kier alpha value is -0.883. The average molecular weight is 287 g/mol. The van der Waals surface area contributed by atoms with E-state index in [1.165, 1.54) is 6.92 Å². The van der Waals surface area contributed by atoms with Gasteiger partial charge in [0.2, 0.25) is 0 Å². The Kier molecular flexibility index (Phi) is 4.46. The van der Waals surface area contributed by atoms with Crippen molar-refractivity contribution in [2.75, 3.05) is 6.54 Å². The number of carbonyl (C=O) groups excluding carboxylic acids is 2. The minimum Gasteiger partial charge on any atom is -0.423 e. The second-order valence-electron chi connectivity index (χ2n) is 6.74. The van der Waals surface area contributed by atoms with Gasteiger partial charge in [0.1, 0.15) is 10.5 Å². The lowest BCUT2D eigenvalue weighted by Crippen LogP contribution is -2.62. The van der Waals surface area contributed by atoms with Crippen molar-refractivity contribution in [2.45, 2.75) is 47.1 Å². The summed E-state index contributed by atoms with van der Waals surface area (Å²) < 4.78 is 5.71. The molecule has 0 saturated carbocycles. The largest absolute Gasteiger partial charge is 0.423 e. The van der Waals surface area contributed by atoms with Gasteiger partial charge in [-0.1, -0.05) is 20.8 Å². The smallest absolute Gasteiger partial charge is 0.329 e. The fraction of sp³-hybridized carbons (Fsp3) is 0.846. The quantitative estimate of drug-likeness (QED) is 0.563. The van der Waals surface area contributed by atoms with Gasteiger partial charge >= 0.3 is 5.97 Å². The average Bonchev–Trinajstić information content (AvgIpc) is 2.24. The number of hydrogen-bond acceptors (Lipinski definition) is 4. The van der Waals surface area contributed by atoms with Crippen LogP contribution in [-0.4, -0.2) is 39.6 Å². The lowest BCUT2D eigenvalue weighted by molar-refractivity contribution is -0.231. The Morgan fingerprint density at radius 1 is 1.37 bits per heavy atom. The van der Waals surface area contributed by atoms with Crippen LogP contribution in [0.3, 0.4) is 0 Å². The summed E-state index contributed by atoms with van der Waals surface area (Å²) in [4.78, 5) is 27.9. The van der Waals surface area contributed by atoms with Gasteiger partial charge in [-0.3, -0.25) is 9.59 Å². The first-order valence-corrected chi connectivity index (χ1v) is 7.37. The van der Waals surface area contributed by atoms with Crippen LogP contribution in [0.2, 0.25) is 0 Å². The van der Waals surface area contributed by atoms with E-state index in [0.29, 0.717) is 17.0 Å². The van der Waals surface area contributed by atoms with E-state index < -0.39 is 5.97 Å². The molecule has 1 fully saturated rings. The minimum atomic E-state index is -0.461. The molecule has 0 aromatic heterocycles. The second-order valence-corrected chi connectivity index (χ2v) is 7.15. The zero-order valence-corrected chi connectivity index (χ0v) is 14.9. The van der Waals surface area contributed by atoms with Crippen LogP contribution < -0.4 is 0 Å². The van der Waals surface area contributed by atoms with Gasteiger partial charge in [0, 0.05) is 12.8 Å². The van der Waals surface area contributed by atoms with E-state index in [0.717, 1.165) is 5.06 Å². The number of rotatable bonds is 4. The normalized spacial score (nSPS) is 22.1. The van der Waals surface area contributed by atoms with Crippen molar-refractivity contribution >= 4 is 22.4 Å². The Balaban J connectivity index is 2.87. The zero-order chi connectivity index (χ0) is 15.0. The van der Waals surface area contributed by atoms with Crippen molar-refractivity contribution in [2.24, 2.45) is 17.3 Å². The van der Waals surface area contributed by atoms with Crippen LogP contribution in [0.4, 0.5) is 0 Å². The number of nitrogens with zero attached hydrogens (tertiary/aromatic N) is 1. The van der Waals surface area contributed by atoms with Crippen LogP contribution >= 0.6 is 0 Å². The number of hydrogen-bond donors (Lipinski definition) is 0. The highest BCUT2D eigenvalue weighted by atomic mass is 28.2. The molecular weight excluding hydrogens is 262 g/mol. The zero-order valence-electron chi connectivity index (χ0n) is 12.9. The molecular formula is C13H25NO4Si. The standard InChI is InChI=1S/C13H25NO4Si/c1-8(15)17-14-7-9(11(14)16)10(12(2,3)4)13(5,6)18-19/h9-10H,7H2,1-6,19H3/t9-,10?/m0/s1. The first-order chi connectivity index (χ1) is 8.50. The molecule has 1 saturated heterocycles. The molecule has 1 rings (SSSR count). The van der Waals surface area contributed by atoms with Gasteiger partial charge in [0.15, 0.2) is 0 Å². The van der Waals surface area contributed by atoms with Gasteiger partial charge in [0.25, 0.3) is 5.91 Å². The van der Waals surface area contributed by atoms with Gasteiger partial charge in [-0.2, -0.15) is 5.06 Å². The Labute approximate surface area is 118 Å². The van der Waals surface area contributed by atoms with Crippen LogP contribution in [0, 0.1) is 17.3 Å². The maximum atomic E-state index is 12.2. The van der Waals surface area contributed by atoms with E-state index in [1.807, 2.05) is 13.8 Å². The highest BCUT2D eigenvalue weighted by molar-refractivity contribution is 5.98. The highest BCUT2D eigenvalue weighted by Crippen LogP contribution is 2.45. The van der Waals surface area contributed by atoms with Gasteiger partial charge in [0.05, 0.1) is 18.1 Å². The lowest BCUT2D eigenvalue weighted by atomic mass is 9.63. The molecule has 19 heavy (non-hydrogen) atoms. The van der Waals surface area contributed by atoms with Crippen LogP contribution in [-0.2, 0) is 18.9 Å². The summed E-state index contributed by atoms with van der Waals surface area (Å²) in [6.45, 7) is 12.1. The van der Waals surface area contributed by atoms with Crippen molar-refractivity contribution in [3.63, 3.8) is 0 Å². The summed E-state index contributed by atoms with van der Waals surface area (Å²) in [6, 6.07) is 0. The molecule has 1 heterocycles. The van der Waals surface area contributed by atoms with Crippen molar-refractivity contribution in [1.29, 1.82) is 0 Å². The first-order valence-electron chi connectivity index (χ1n) is 6.55. The molecule has 0 bridgehead atoms. The minimum absolute atomic E-state index is 0.0590. The van der Waals surface area contributed by atoms with Crippen LogP contribution in [0.15, 0.2) is 0 Å². The van der Waals surface area contributed by atoms with Crippen molar-refractivity contribution in [3.05, 3.63) is 0 Å². The fourth-order valence-electron chi connectivity index (χ4n) is 3.16. The molecule has 0 N–H and O–H groups in total. The maximum Gasteiger partial charge on any atom is 0.329 e. The predicted octanol–water partition coefficient (Wildman–Crippen LogP) is 0.661. The third kappa shape index (κ3) is 3.36. The van der Waals surface area contributed by atoms with Crippen molar-refractivity contribution < 1.29 is 18.9 Å². The molecule has 110 valence electrons. The van der Waals surface area contributed by atoms with E-state index in [-0.39, 0.29) is 28.8 Å². The van der Waals surface area contributed by atoms with Gasteiger partial charge in [-0.25, -0.2) is 0 Å². The van der Waals surface area contributed by atoms with Crippen LogP contribution in [0.1, 0.15) is 41.5 Å². The van der Waals surface area contributed by atoms with Gasteiger partial charge < -0.3 is 9.26 Å². The lowest BCUT2D eigenvalue weighted by Gasteiger charge is -2.51.